The number of ether oxygens (including phenoxy) is 2. The first-order chi connectivity index (χ1) is 18.5. The van der Waals surface area contributed by atoms with Gasteiger partial charge in [-0.05, 0) is 36.3 Å². The summed E-state index contributed by atoms with van der Waals surface area (Å²) in [5.41, 5.74) is 5.02. The molecule has 5 atom stereocenters. The van der Waals surface area contributed by atoms with Crippen molar-refractivity contribution in [3.8, 4) is 5.75 Å². The van der Waals surface area contributed by atoms with E-state index in [1.807, 2.05) is 70.2 Å². The van der Waals surface area contributed by atoms with Crippen molar-refractivity contribution in [2.24, 2.45) is 11.3 Å². The molecule has 10 nitrogen and oxygen atoms in total. The lowest BCUT2D eigenvalue weighted by molar-refractivity contribution is -0.148. The highest BCUT2D eigenvalue weighted by atomic mass is 31.2. The van der Waals surface area contributed by atoms with Gasteiger partial charge in [-0.3, -0.25) is 9.36 Å². The average molecular weight is 557 g/mol. The van der Waals surface area contributed by atoms with Gasteiger partial charge in [-0.2, -0.15) is 4.98 Å². The van der Waals surface area contributed by atoms with Crippen LogP contribution in [0.5, 0.6) is 5.75 Å². The van der Waals surface area contributed by atoms with Gasteiger partial charge in [-0.25, -0.2) is 9.88 Å². The third-order valence-corrected chi connectivity index (χ3v) is 7.53. The van der Waals surface area contributed by atoms with E-state index in [1.54, 1.807) is 19.2 Å². The van der Waals surface area contributed by atoms with Crippen LogP contribution in [0.25, 0.3) is 10.8 Å². The Hall–Kier alpha value is -3.04. The fourth-order valence-electron chi connectivity index (χ4n) is 4.21. The van der Waals surface area contributed by atoms with E-state index < -0.39 is 26.5 Å². The molecule has 1 saturated heterocycles. The number of anilines is 1. The number of nitrogen functional groups attached to an aromatic ring is 1. The third-order valence-electron chi connectivity index (χ3n) is 6.19. The Kier molecular flexibility index (Phi) is 9.23. The standard InChI is InChI=1S/C28H37N4O6P/c1-18-15-21(37-25(18)32-14-13-24(29)30-27(32)34)16-36-39(31-19(2)26(33)35-17-28(3,4)5)38-23-12-8-10-20-9-6-7-11-22(20)23/h6-14,18-19,21,25,31H,15-17H2,1-5H3,(H2,29,30,34). The molecule has 0 aliphatic carbocycles. The van der Waals surface area contributed by atoms with E-state index in [4.69, 9.17) is 24.3 Å². The van der Waals surface area contributed by atoms with Crippen LogP contribution >= 0.6 is 8.53 Å². The predicted molar refractivity (Wildman–Crippen MR) is 151 cm³/mol. The zero-order valence-electron chi connectivity index (χ0n) is 23.0. The number of nitrogens with one attached hydrogen (secondary N) is 1. The predicted octanol–water partition coefficient (Wildman–Crippen LogP) is 4.79. The molecule has 3 aromatic rings. The molecular weight excluding hydrogens is 519 g/mol. The van der Waals surface area contributed by atoms with Crippen molar-refractivity contribution < 1.29 is 23.3 Å². The molecule has 210 valence electrons. The van der Waals surface area contributed by atoms with Gasteiger partial charge in [0.25, 0.3) is 0 Å². The van der Waals surface area contributed by atoms with Crippen LogP contribution in [0.15, 0.2) is 59.5 Å². The van der Waals surface area contributed by atoms with Crippen molar-refractivity contribution in [3.63, 3.8) is 0 Å². The molecule has 4 rings (SSSR count). The molecule has 1 fully saturated rings. The molecule has 0 saturated carbocycles. The molecular formula is C28H37N4O6P. The molecule has 5 unspecified atom stereocenters. The van der Waals surface area contributed by atoms with E-state index in [9.17, 15) is 9.59 Å². The number of nitrogens with two attached hydrogens (primary N) is 1. The fraction of sp³-hybridized carbons (Fsp3) is 0.464. The number of esters is 1. The van der Waals surface area contributed by atoms with Crippen molar-refractivity contribution in [1.29, 1.82) is 0 Å². The van der Waals surface area contributed by atoms with E-state index in [0.29, 0.717) is 18.8 Å². The summed E-state index contributed by atoms with van der Waals surface area (Å²) >= 11 is 0. The van der Waals surface area contributed by atoms with Crippen molar-refractivity contribution >= 4 is 31.1 Å². The first-order valence-corrected chi connectivity index (χ1v) is 14.2. The van der Waals surface area contributed by atoms with Crippen molar-refractivity contribution in [2.45, 2.75) is 59.4 Å². The smallest absolute Gasteiger partial charge is 0.351 e. The number of hydrogen-bond acceptors (Lipinski definition) is 9. The van der Waals surface area contributed by atoms with Crippen LogP contribution in [-0.4, -0.2) is 40.9 Å². The third kappa shape index (κ3) is 7.76. The Morgan fingerprint density at radius 3 is 2.72 bits per heavy atom. The van der Waals surface area contributed by atoms with E-state index in [-0.39, 0.29) is 35.8 Å². The molecule has 1 aliphatic rings. The van der Waals surface area contributed by atoms with Crippen LogP contribution in [0.4, 0.5) is 5.82 Å². The second kappa shape index (κ2) is 12.4. The lowest BCUT2D eigenvalue weighted by Gasteiger charge is -2.25. The number of carbonyl (C=O) groups is 1. The number of aromatic nitrogens is 2. The van der Waals surface area contributed by atoms with Gasteiger partial charge >= 0.3 is 20.2 Å². The Morgan fingerprint density at radius 2 is 1.97 bits per heavy atom. The molecule has 0 radical (unpaired) electrons. The summed E-state index contributed by atoms with van der Waals surface area (Å²) < 4.78 is 25.6. The van der Waals surface area contributed by atoms with Crippen molar-refractivity contribution in [3.05, 3.63) is 65.2 Å². The molecule has 2 aromatic carbocycles. The maximum absolute atomic E-state index is 12.7. The molecule has 0 amide bonds. The van der Waals surface area contributed by atoms with E-state index >= 15 is 0 Å². The normalized spacial score (nSPS) is 21.0. The second-order valence-corrected chi connectivity index (χ2v) is 12.3. The number of carbonyl (C=O) groups excluding carboxylic acids is 1. The van der Waals surface area contributed by atoms with Gasteiger partial charge in [0.05, 0.1) is 19.3 Å². The zero-order valence-corrected chi connectivity index (χ0v) is 23.9. The highest BCUT2D eigenvalue weighted by Gasteiger charge is 2.35. The van der Waals surface area contributed by atoms with Crippen molar-refractivity contribution in [1.82, 2.24) is 14.6 Å². The Morgan fingerprint density at radius 1 is 1.23 bits per heavy atom. The van der Waals surface area contributed by atoms with Gasteiger partial charge in [0, 0.05) is 17.5 Å². The number of fused-ring (bicyclic) bond motifs is 1. The van der Waals surface area contributed by atoms with Gasteiger partial charge in [0.2, 0.25) is 0 Å². The van der Waals surface area contributed by atoms with Crippen LogP contribution < -0.4 is 21.0 Å². The topological polar surface area (TPSA) is 127 Å². The van der Waals surface area contributed by atoms with E-state index in [2.05, 4.69) is 10.1 Å². The van der Waals surface area contributed by atoms with Crippen LogP contribution in [0.3, 0.4) is 0 Å². The van der Waals surface area contributed by atoms with Crippen LogP contribution in [0, 0.1) is 11.3 Å². The summed E-state index contributed by atoms with van der Waals surface area (Å²) in [4.78, 5) is 28.8. The largest absolute Gasteiger partial charge is 0.464 e. The molecule has 1 aliphatic heterocycles. The van der Waals surface area contributed by atoms with Gasteiger partial charge in [0.15, 0.2) is 0 Å². The molecule has 0 spiro atoms. The SMILES string of the molecule is CC(NP(OCC1CC(C)C(n2ccc(N)nc2=O)O1)Oc1cccc2ccccc12)C(=O)OCC(C)(C)C. The summed E-state index contributed by atoms with van der Waals surface area (Å²) in [5.74, 6) is 0.467. The maximum atomic E-state index is 12.7. The van der Waals surface area contributed by atoms with Crippen LogP contribution in [0.1, 0.15) is 47.3 Å². The highest BCUT2D eigenvalue weighted by molar-refractivity contribution is 7.45. The summed E-state index contributed by atoms with van der Waals surface area (Å²) in [5, 5.41) is 5.13. The molecule has 2 heterocycles. The van der Waals surface area contributed by atoms with Gasteiger partial charge in [-0.15, -0.1) is 0 Å². The summed E-state index contributed by atoms with van der Waals surface area (Å²) in [7, 11) is -1.76. The molecule has 3 N–H and O–H groups in total. The van der Waals surface area contributed by atoms with Gasteiger partial charge < -0.3 is 24.3 Å². The Bertz CT molecular complexity index is 1340. The van der Waals surface area contributed by atoms with Crippen LogP contribution in [0.2, 0.25) is 0 Å². The van der Waals surface area contributed by atoms with Gasteiger partial charge in [-0.1, -0.05) is 64.1 Å². The first kappa shape index (κ1) is 29.0. The number of hydrogen-bond donors (Lipinski definition) is 2. The fourth-order valence-corrected chi connectivity index (χ4v) is 5.45. The minimum atomic E-state index is -1.76. The minimum absolute atomic E-state index is 0.0474. The monoisotopic (exact) mass is 556 g/mol. The minimum Gasteiger partial charge on any atom is -0.464 e. The van der Waals surface area contributed by atoms with Crippen LogP contribution in [-0.2, 0) is 18.8 Å². The van der Waals surface area contributed by atoms with Gasteiger partial charge in [0.1, 0.15) is 23.8 Å². The quantitative estimate of drug-likeness (QED) is 0.268. The van der Waals surface area contributed by atoms with E-state index in [0.717, 1.165) is 10.8 Å². The Balaban J connectivity index is 1.46. The Labute approximate surface area is 229 Å². The zero-order chi connectivity index (χ0) is 28.2. The lowest BCUT2D eigenvalue weighted by atomic mass is 9.99. The first-order valence-electron chi connectivity index (χ1n) is 13.0. The molecule has 39 heavy (non-hydrogen) atoms. The summed E-state index contributed by atoms with van der Waals surface area (Å²) in [6.45, 7) is 10.2. The molecule has 11 heteroatoms. The number of nitrogens with zero attached hydrogens (tertiary/aromatic N) is 2. The average Bonchev–Trinajstić information content (AvgIpc) is 3.25. The summed E-state index contributed by atoms with van der Waals surface area (Å²) in [6, 6.07) is 14.6. The number of benzene rings is 2. The molecule has 1 aromatic heterocycles. The lowest BCUT2D eigenvalue weighted by Crippen LogP contribution is -2.35. The second-order valence-electron chi connectivity index (χ2n) is 11.0. The maximum Gasteiger partial charge on any atom is 0.351 e. The van der Waals surface area contributed by atoms with Crippen molar-refractivity contribution in [2.75, 3.05) is 18.9 Å². The highest BCUT2D eigenvalue weighted by Crippen LogP contribution is 2.41. The summed E-state index contributed by atoms with van der Waals surface area (Å²) in [6.07, 6.45) is 1.49. The molecule has 0 bridgehead atoms. The van der Waals surface area contributed by atoms with E-state index in [1.165, 1.54) is 4.57 Å². The number of rotatable bonds is 10.